The first-order valence-electron chi connectivity index (χ1n) is 19.2. The van der Waals surface area contributed by atoms with Crippen molar-refractivity contribution in [3.05, 3.63) is 199 Å². The van der Waals surface area contributed by atoms with Crippen molar-refractivity contribution < 1.29 is 4.42 Å². The number of hydrogen-bond acceptors (Lipinski definition) is 5. The summed E-state index contributed by atoms with van der Waals surface area (Å²) in [6.07, 6.45) is -0.263. The van der Waals surface area contributed by atoms with Gasteiger partial charge in [-0.2, -0.15) is 0 Å². The standard InChI is InChI=1S/C51H32N4OS/c1-3-14-31(15-4-1)49-52-50(32-16-5-2-6-17-32)54-51(53-49)40-24-12-23-39-38-22-11-20-34(47(38)57-48(39)40)33-28-29-45-41(30-33)37-21-13-27-44(46(37)56-45)55-42-25-9-7-18-35(42)36-19-8-10-26-43(36)55/h1-30,49H,(H,52,53,54). The van der Waals surface area contributed by atoms with Crippen LogP contribution in [0.1, 0.15) is 22.9 Å². The van der Waals surface area contributed by atoms with Crippen molar-refractivity contribution in [1.29, 1.82) is 0 Å². The summed E-state index contributed by atoms with van der Waals surface area (Å²) in [5.74, 6) is 1.54. The average Bonchev–Trinajstić information content (AvgIpc) is 3.96. The van der Waals surface area contributed by atoms with Gasteiger partial charge >= 0.3 is 0 Å². The minimum absolute atomic E-state index is 0.263. The number of aromatic nitrogens is 1. The number of nitrogens with one attached hydrogen (secondary N) is 1. The summed E-state index contributed by atoms with van der Waals surface area (Å²) in [6, 6.07) is 64.2. The second-order valence-corrected chi connectivity index (χ2v) is 15.6. The second kappa shape index (κ2) is 12.6. The Kier molecular flexibility index (Phi) is 7.09. The lowest BCUT2D eigenvalue weighted by molar-refractivity contribution is 0.666. The summed E-state index contributed by atoms with van der Waals surface area (Å²) in [5.41, 5.74) is 10.6. The molecule has 1 aliphatic heterocycles. The van der Waals surface area contributed by atoms with E-state index in [-0.39, 0.29) is 6.17 Å². The molecule has 1 atom stereocenters. The van der Waals surface area contributed by atoms with Gasteiger partial charge in [0.15, 0.2) is 11.4 Å². The molecule has 0 fully saturated rings. The summed E-state index contributed by atoms with van der Waals surface area (Å²) in [6.45, 7) is 0. The Labute approximate surface area is 331 Å². The second-order valence-electron chi connectivity index (χ2n) is 14.5. The Balaban J connectivity index is 1.00. The maximum Gasteiger partial charge on any atom is 0.159 e. The van der Waals surface area contributed by atoms with Crippen LogP contribution in [0.15, 0.2) is 196 Å². The highest BCUT2D eigenvalue weighted by Gasteiger charge is 2.24. The Morgan fingerprint density at radius 3 is 1.88 bits per heavy atom. The van der Waals surface area contributed by atoms with Crippen LogP contribution >= 0.6 is 11.3 Å². The molecule has 0 spiro atoms. The van der Waals surface area contributed by atoms with Crippen molar-refractivity contribution in [2.24, 2.45) is 9.98 Å². The lowest BCUT2D eigenvalue weighted by Crippen LogP contribution is -2.33. The molecule has 11 aromatic rings. The zero-order chi connectivity index (χ0) is 37.5. The molecule has 0 amide bonds. The van der Waals surface area contributed by atoms with Crippen LogP contribution in [-0.4, -0.2) is 16.2 Å². The van der Waals surface area contributed by atoms with E-state index in [0.717, 1.165) is 72.6 Å². The van der Waals surface area contributed by atoms with Crippen LogP contribution < -0.4 is 5.32 Å². The van der Waals surface area contributed by atoms with E-state index in [1.165, 1.54) is 36.5 Å². The number of furan rings is 1. The van der Waals surface area contributed by atoms with Gasteiger partial charge in [-0.05, 0) is 53.1 Å². The quantitative estimate of drug-likeness (QED) is 0.191. The third-order valence-electron chi connectivity index (χ3n) is 11.3. The number of benzene rings is 8. The topological polar surface area (TPSA) is 54.8 Å². The number of thiophene rings is 1. The first kappa shape index (κ1) is 32.0. The van der Waals surface area contributed by atoms with Crippen LogP contribution in [-0.2, 0) is 0 Å². The number of amidine groups is 2. The van der Waals surface area contributed by atoms with Crippen LogP contribution in [0, 0.1) is 0 Å². The van der Waals surface area contributed by atoms with Crippen LogP contribution in [0.4, 0.5) is 0 Å². The smallest absolute Gasteiger partial charge is 0.159 e. The number of fused-ring (bicyclic) bond motifs is 9. The molecule has 0 saturated heterocycles. The highest BCUT2D eigenvalue weighted by molar-refractivity contribution is 7.26. The molecule has 1 unspecified atom stereocenters. The SMILES string of the molecule is c1ccc(C2=NC(c3ccccc3)NC(c3cccc4c3sc3c(-c5ccc6oc7c(-n8c9ccccc9c9ccccc98)cccc7c6c5)cccc34)=N2)cc1. The fraction of sp³-hybridized carbons (Fsp3) is 0.0196. The summed E-state index contributed by atoms with van der Waals surface area (Å²) >= 11 is 1.82. The lowest BCUT2D eigenvalue weighted by Gasteiger charge is -2.24. The van der Waals surface area contributed by atoms with Gasteiger partial charge in [0, 0.05) is 52.8 Å². The predicted molar refractivity (Wildman–Crippen MR) is 238 cm³/mol. The van der Waals surface area contributed by atoms with Gasteiger partial charge in [-0.15, -0.1) is 11.3 Å². The van der Waals surface area contributed by atoms with Gasteiger partial charge in [0.25, 0.3) is 0 Å². The van der Waals surface area contributed by atoms with Gasteiger partial charge in [-0.3, -0.25) is 0 Å². The molecule has 6 heteroatoms. The zero-order valence-electron chi connectivity index (χ0n) is 30.6. The predicted octanol–water partition coefficient (Wildman–Crippen LogP) is 13.2. The molecule has 4 heterocycles. The molecule has 12 rings (SSSR count). The van der Waals surface area contributed by atoms with Gasteiger partial charge in [-0.25, -0.2) is 9.98 Å². The highest BCUT2D eigenvalue weighted by Crippen LogP contribution is 2.44. The summed E-state index contributed by atoms with van der Waals surface area (Å²) < 4.78 is 11.5. The maximum atomic E-state index is 6.75. The Hall–Kier alpha value is -7.28. The number of rotatable bonds is 5. The first-order chi connectivity index (χ1) is 28.3. The largest absolute Gasteiger partial charge is 0.454 e. The molecule has 0 saturated carbocycles. The lowest BCUT2D eigenvalue weighted by atomic mass is 10.00. The van der Waals surface area contributed by atoms with E-state index in [1.54, 1.807) is 0 Å². The summed E-state index contributed by atoms with van der Waals surface area (Å²) in [7, 11) is 0. The molecule has 0 bridgehead atoms. The number of nitrogens with zero attached hydrogens (tertiary/aromatic N) is 3. The molecule has 57 heavy (non-hydrogen) atoms. The molecular formula is C51H32N4OS. The van der Waals surface area contributed by atoms with Crippen molar-refractivity contribution >= 4 is 86.9 Å². The molecule has 1 aliphatic rings. The van der Waals surface area contributed by atoms with Gasteiger partial charge < -0.3 is 14.3 Å². The molecule has 3 aromatic heterocycles. The minimum Gasteiger partial charge on any atom is -0.454 e. The van der Waals surface area contributed by atoms with Crippen molar-refractivity contribution in [2.45, 2.75) is 6.17 Å². The number of para-hydroxylation sites is 3. The maximum absolute atomic E-state index is 6.75. The normalized spacial score (nSPS) is 14.5. The van der Waals surface area contributed by atoms with E-state index in [9.17, 15) is 0 Å². The van der Waals surface area contributed by atoms with Gasteiger partial charge in [0.1, 0.15) is 17.6 Å². The highest BCUT2D eigenvalue weighted by atomic mass is 32.1. The van der Waals surface area contributed by atoms with E-state index >= 15 is 0 Å². The Morgan fingerprint density at radius 1 is 0.509 bits per heavy atom. The monoisotopic (exact) mass is 748 g/mol. The molecule has 5 nitrogen and oxygen atoms in total. The molecule has 0 aliphatic carbocycles. The van der Waals surface area contributed by atoms with E-state index in [4.69, 9.17) is 14.4 Å². The minimum atomic E-state index is -0.263. The summed E-state index contributed by atoms with van der Waals surface area (Å²) in [4.78, 5) is 10.2. The van der Waals surface area contributed by atoms with Crippen LogP contribution in [0.2, 0.25) is 0 Å². The van der Waals surface area contributed by atoms with E-state index in [0.29, 0.717) is 0 Å². The third-order valence-corrected chi connectivity index (χ3v) is 12.6. The molecular weight excluding hydrogens is 717 g/mol. The fourth-order valence-corrected chi connectivity index (χ4v) is 10.0. The third kappa shape index (κ3) is 5.01. The van der Waals surface area contributed by atoms with Gasteiger partial charge in [0.05, 0.1) is 16.7 Å². The first-order valence-corrected chi connectivity index (χ1v) is 20.0. The molecule has 1 N–H and O–H groups in total. The average molecular weight is 749 g/mol. The Morgan fingerprint density at radius 2 is 1.12 bits per heavy atom. The van der Waals surface area contributed by atoms with Gasteiger partial charge in [0.2, 0.25) is 0 Å². The Bertz CT molecular complexity index is 3390. The molecule has 268 valence electrons. The van der Waals surface area contributed by atoms with E-state index in [1.807, 2.05) is 35.6 Å². The van der Waals surface area contributed by atoms with Crippen molar-refractivity contribution in [2.75, 3.05) is 0 Å². The summed E-state index contributed by atoms with van der Waals surface area (Å²) in [5, 5.41) is 10.8. The van der Waals surface area contributed by atoms with Crippen LogP contribution in [0.25, 0.3) is 80.7 Å². The molecule has 8 aromatic carbocycles. The number of aliphatic imine (C=N–C) groups is 2. The molecule has 0 radical (unpaired) electrons. The van der Waals surface area contributed by atoms with Crippen molar-refractivity contribution in [1.82, 2.24) is 9.88 Å². The van der Waals surface area contributed by atoms with Crippen LogP contribution in [0.5, 0.6) is 0 Å². The number of hydrogen-bond donors (Lipinski definition) is 1. The van der Waals surface area contributed by atoms with E-state index in [2.05, 4.69) is 168 Å². The van der Waals surface area contributed by atoms with Crippen LogP contribution in [0.3, 0.4) is 0 Å². The van der Waals surface area contributed by atoms with E-state index < -0.39 is 0 Å². The van der Waals surface area contributed by atoms with Crippen molar-refractivity contribution in [3.8, 4) is 16.8 Å². The van der Waals surface area contributed by atoms with Gasteiger partial charge in [-0.1, -0.05) is 146 Å². The fourth-order valence-electron chi connectivity index (χ4n) is 8.65. The zero-order valence-corrected chi connectivity index (χ0v) is 31.4. The van der Waals surface area contributed by atoms with Crippen molar-refractivity contribution in [3.63, 3.8) is 0 Å².